The minimum Gasteiger partial charge on any atom is -0.497 e. The lowest BCUT2D eigenvalue weighted by Gasteiger charge is -2.33. The highest BCUT2D eigenvalue weighted by molar-refractivity contribution is 9.37. The first-order valence-corrected chi connectivity index (χ1v) is 16.9. The van der Waals surface area contributed by atoms with Crippen molar-refractivity contribution in [3.63, 3.8) is 0 Å². The van der Waals surface area contributed by atoms with Gasteiger partial charge in [-0.05, 0) is 77.3 Å². The van der Waals surface area contributed by atoms with Crippen molar-refractivity contribution in [2.75, 3.05) is 20.8 Å². The summed E-state index contributed by atoms with van der Waals surface area (Å²) in [5.41, 5.74) is 0. The highest BCUT2D eigenvalue weighted by Gasteiger charge is 2.33. The Balaban J connectivity index is 0.000000205. The molecule has 0 atom stereocenters. The number of halogens is 2. The van der Waals surface area contributed by atoms with Crippen LogP contribution in [0.3, 0.4) is 0 Å². The summed E-state index contributed by atoms with van der Waals surface area (Å²) in [6, 6.07) is 21.5. The summed E-state index contributed by atoms with van der Waals surface area (Å²) in [7, 11) is 3.41. The predicted molar refractivity (Wildman–Crippen MR) is 144 cm³/mol. The number of rotatable bonds is 7. The SMILES string of the molecule is COc1ccc(P2SP(c3ccc(OC)cc3)S2)cc1.O=C(O)COc1ccc(Cl)cc1Cl. The number of aliphatic carboxylic acids is 1. The number of carboxylic acids is 1. The van der Waals surface area contributed by atoms with Crippen LogP contribution in [0.1, 0.15) is 0 Å². The molecule has 4 rings (SSSR count). The molecular formula is C22H20Cl2O5P2S2. The quantitative estimate of drug-likeness (QED) is 0.306. The summed E-state index contributed by atoms with van der Waals surface area (Å²) < 4.78 is 15.3. The Morgan fingerprint density at radius 3 is 1.73 bits per heavy atom. The number of carbonyl (C=O) groups is 1. The summed E-state index contributed by atoms with van der Waals surface area (Å²) in [6.45, 7) is -0.415. The van der Waals surface area contributed by atoms with Crippen LogP contribution in [0.5, 0.6) is 17.2 Å². The van der Waals surface area contributed by atoms with Crippen LogP contribution in [0.2, 0.25) is 10.0 Å². The van der Waals surface area contributed by atoms with Gasteiger partial charge in [0, 0.05) is 5.02 Å². The van der Waals surface area contributed by atoms with Crippen molar-refractivity contribution in [1.29, 1.82) is 0 Å². The van der Waals surface area contributed by atoms with Gasteiger partial charge in [-0.1, -0.05) is 45.2 Å². The molecule has 1 saturated heterocycles. The fourth-order valence-electron chi connectivity index (χ4n) is 2.47. The molecule has 0 aliphatic carbocycles. The summed E-state index contributed by atoms with van der Waals surface area (Å²) >= 11 is 15.6. The zero-order valence-electron chi connectivity index (χ0n) is 17.6. The zero-order valence-corrected chi connectivity index (χ0v) is 22.5. The Kier molecular flexibility index (Phi) is 10.3. The third-order valence-corrected chi connectivity index (χ3v) is 23.5. The topological polar surface area (TPSA) is 65.0 Å². The van der Waals surface area contributed by atoms with Crippen LogP contribution in [0.15, 0.2) is 66.7 Å². The predicted octanol–water partition coefficient (Wildman–Crippen LogP) is 7.22. The fourth-order valence-corrected chi connectivity index (χ4v) is 19.1. The lowest BCUT2D eigenvalue weighted by Crippen LogP contribution is -2.09. The Hall–Kier alpha value is -1.33. The highest BCUT2D eigenvalue weighted by Crippen LogP contribution is 2.95. The molecule has 3 aromatic carbocycles. The number of hydrogen-bond acceptors (Lipinski definition) is 6. The van der Waals surface area contributed by atoms with Crippen LogP contribution < -0.4 is 24.8 Å². The van der Waals surface area contributed by atoms with Crippen molar-refractivity contribution in [1.82, 2.24) is 0 Å². The molecular weight excluding hydrogens is 541 g/mol. The molecule has 0 aromatic heterocycles. The summed E-state index contributed by atoms with van der Waals surface area (Å²) in [4.78, 5) is 10.2. The molecule has 0 bridgehead atoms. The third kappa shape index (κ3) is 7.85. The average Bonchev–Trinajstić information content (AvgIpc) is 2.79. The Morgan fingerprint density at radius 2 is 1.33 bits per heavy atom. The van der Waals surface area contributed by atoms with Crippen molar-refractivity contribution >= 4 is 74.4 Å². The van der Waals surface area contributed by atoms with Gasteiger partial charge in [-0.15, -0.1) is 0 Å². The molecule has 11 heteroatoms. The molecule has 1 heterocycles. The lowest BCUT2D eigenvalue weighted by atomic mass is 10.3. The molecule has 1 aliphatic heterocycles. The number of hydrogen-bond donors (Lipinski definition) is 1. The van der Waals surface area contributed by atoms with Crippen LogP contribution in [0.25, 0.3) is 0 Å². The van der Waals surface area contributed by atoms with Gasteiger partial charge in [0.15, 0.2) is 6.61 Å². The van der Waals surface area contributed by atoms with E-state index in [1.54, 1.807) is 20.3 Å². The van der Waals surface area contributed by atoms with E-state index in [9.17, 15) is 4.79 Å². The van der Waals surface area contributed by atoms with E-state index in [1.807, 2.05) is 24.3 Å². The van der Waals surface area contributed by atoms with Crippen LogP contribution in [0.4, 0.5) is 0 Å². The third-order valence-electron chi connectivity index (χ3n) is 4.11. The summed E-state index contributed by atoms with van der Waals surface area (Å²) in [6.07, 6.45) is -0.218. The number of ether oxygens (including phenoxy) is 3. The van der Waals surface area contributed by atoms with E-state index in [4.69, 9.17) is 42.5 Å². The van der Waals surface area contributed by atoms with E-state index in [1.165, 1.54) is 22.7 Å². The van der Waals surface area contributed by atoms with E-state index < -0.39 is 12.6 Å². The molecule has 1 aliphatic rings. The molecule has 5 nitrogen and oxygen atoms in total. The van der Waals surface area contributed by atoms with Crippen molar-refractivity contribution in [2.45, 2.75) is 0 Å². The van der Waals surface area contributed by atoms with Gasteiger partial charge in [0.1, 0.15) is 17.2 Å². The molecule has 0 radical (unpaired) electrons. The second kappa shape index (κ2) is 12.9. The molecule has 0 amide bonds. The maximum absolute atomic E-state index is 10.2. The molecule has 1 N–H and O–H groups in total. The van der Waals surface area contributed by atoms with Gasteiger partial charge in [0.2, 0.25) is 0 Å². The fraction of sp³-hybridized carbons (Fsp3) is 0.136. The minimum absolute atomic E-state index is 0.109. The van der Waals surface area contributed by atoms with E-state index in [2.05, 4.69) is 46.3 Å². The normalized spacial score (nSPS) is 16.6. The number of methoxy groups -OCH3 is 2. The maximum atomic E-state index is 10.2. The van der Waals surface area contributed by atoms with E-state index in [0.717, 1.165) is 11.5 Å². The van der Waals surface area contributed by atoms with Crippen LogP contribution in [0, 0.1) is 0 Å². The largest absolute Gasteiger partial charge is 0.497 e. The molecule has 174 valence electrons. The summed E-state index contributed by atoms with van der Waals surface area (Å²) in [5.74, 6) is 1.12. The zero-order chi connectivity index (χ0) is 23.8. The Bertz CT molecular complexity index is 1010. The standard InChI is InChI=1S/C14H14O2P2S2.C8H6Cl2O3/c1-15-11-3-7-13(8-4-11)17-19-18(20-17)14-9-5-12(16-2)6-10-14;9-5-1-2-7(6(10)3-5)13-4-8(11)12/h3-10H,1-2H3;1-3H,4H2,(H,11,12). The summed E-state index contributed by atoms with van der Waals surface area (Å²) in [5, 5.41) is 12.0. The minimum atomic E-state index is -1.05. The number of benzene rings is 3. The molecule has 3 aromatic rings. The van der Waals surface area contributed by atoms with E-state index >= 15 is 0 Å². The number of carboxylic acid groups (broad SMARTS) is 1. The van der Waals surface area contributed by atoms with Gasteiger partial charge >= 0.3 is 5.97 Å². The first kappa shape index (κ1) is 26.3. The van der Waals surface area contributed by atoms with Gasteiger partial charge < -0.3 is 19.3 Å². The molecule has 0 spiro atoms. The Morgan fingerprint density at radius 1 is 0.848 bits per heavy atom. The molecule has 0 unspecified atom stereocenters. The van der Waals surface area contributed by atoms with E-state index in [0.29, 0.717) is 15.8 Å². The van der Waals surface area contributed by atoms with Gasteiger partial charge in [-0.25, -0.2) is 4.79 Å². The van der Waals surface area contributed by atoms with E-state index in [-0.39, 0.29) is 12.7 Å². The highest BCUT2D eigenvalue weighted by atomic mass is 35.5. The van der Waals surface area contributed by atoms with Gasteiger partial charge in [0.05, 0.1) is 31.9 Å². The molecule has 33 heavy (non-hydrogen) atoms. The second-order valence-electron chi connectivity index (χ2n) is 6.33. The average molecular weight is 561 g/mol. The first-order chi connectivity index (χ1) is 15.9. The maximum Gasteiger partial charge on any atom is 0.341 e. The van der Waals surface area contributed by atoms with Gasteiger partial charge in [-0.3, -0.25) is 0 Å². The smallest absolute Gasteiger partial charge is 0.341 e. The van der Waals surface area contributed by atoms with Crippen molar-refractivity contribution in [2.24, 2.45) is 0 Å². The Labute approximate surface area is 212 Å². The van der Waals surface area contributed by atoms with Crippen molar-refractivity contribution in [3.05, 3.63) is 76.8 Å². The van der Waals surface area contributed by atoms with Gasteiger partial charge in [-0.2, -0.15) is 0 Å². The van der Waals surface area contributed by atoms with Crippen LogP contribution in [-0.4, -0.2) is 31.9 Å². The van der Waals surface area contributed by atoms with Crippen LogP contribution in [-0.2, 0) is 4.79 Å². The van der Waals surface area contributed by atoms with Crippen molar-refractivity contribution in [3.8, 4) is 17.2 Å². The molecule has 0 saturated carbocycles. The van der Waals surface area contributed by atoms with Gasteiger partial charge in [0.25, 0.3) is 0 Å². The molecule has 1 fully saturated rings. The van der Waals surface area contributed by atoms with Crippen LogP contribution >= 0.6 is 57.9 Å². The lowest BCUT2D eigenvalue weighted by molar-refractivity contribution is -0.139. The first-order valence-electron chi connectivity index (χ1n) is 9.44. The van der Waals surface area contributed by atoms with Crippen molar-refractivity contribution < 1.29 is 24.1 Å². The second-order valence-corrected chi connectivity index (χ2v) is 19.2. The monoisotopic (exact) mass is 560 g/mol.